The third kappa shape index (κ3) is 2.81. The van der Waals surface area contributed by atoms with E-state index in [9.17, 15) is 5.11 Å². The molecule has 8 heteroatoms. The number of aromatic amines is 1. The Labute approximate surface area is 139 Å². The van der Waals surface area contributed by atoms with Crippen molar-refractivity contribution in [3.05, 3.63) is 54.4 Å². The number of nitrogens with one attached hydrogen (secondary N) is 1. The van der Waals surface area contributed by atoms with E-state index in [0.717, 1.165) is 24.5 Å². The monoisotopic (exact) mass is 325 g/mol. The Balaban J connectivity index is 1.53. The molecule has 124 valence electrons. The topological polar surface area (TPSA) is 95.8 Å². The van der Waals surface area contributed by atoms with Crippen molar-refractivity contribution in [3.63, 3.8) is 0 Å². The molecule has 0 saturated carbocycles. The SMILES string of the molecule is OC1(c2cn[nH]n2)CCCN(Cc2ncnn2-c2ccccc2)C1. The molecule has 1 aliphatic rings. The number of aromatic nitrogens is 6. The van der Waals surface area contributed by atoms with Crippen molar-refractivity contribution in [1.82, 2.24) is 35.1 Å². The molecule has 1 saturated heterocycles. The summed E-state index contributed by atoms with van der Waals surface area (Å²) >= 11 is 0. The van der Waals surface area contributed by atoms with Gasteiger partial charge in [-0.15, -0.1) is 0 Å². The first-order chi connectivity index (χ1) is 11.7. The minimum atomic E-state index is -0.969. The highest BCUT2D eigenvalue weighted by molar-refractivity contribution is 5.30. The van der Waals surface area contributed by atoms with Crippen LogP contribution < -0.4 is 0 Å². The molecular formula is C16H19N7O. The van der Waals surface area contributed by atoms with E-state index in [1.807, 2.05) is 35.0 Å². The lowest BCUT2D eigenvalue weighted by Crippen LogP contribution is -2.46. The van der Waals surface area contributed by atoms with Crippen molar-refractivity contribution in [2.24, 2.45) is 0 Å². The zero-order chi connectivity index (χ0) is 16.4. The maximum atomic E-state index is 10.9. The van der Waals surface area contributed by atoms with E-state index < -0.39 is 5.60 Å². The zero-order valence-corrected chi connectivity index (χ0v) is 13.2. The Morgan fingerprint density at radius 2 is 2.12 bits per heavy atom. The van der Waals surface area contributed by atoms with Crippen LogP contribution >= 0.6 is 0 Å². The van der Waals surface area contributed by atoms with E-state index in [1.165, 1.54) is 0 Å². The van der Waals surface area contributed by atoms with E-state index in [1.54, 1.807) is 12.5 Å². The molecule has 0 spiro atoms. The second-order valence-electron chi connectivity index (χ2n) is 6.12. The van der Waals surface area contributed by atoms with Crippen LogP contribution in [-0.2, 0) is 12.1 Å². The van der Waals surface area contributed by atoms with Gasteiger partial charge in [0.05, 0.1) is 18.4 Å². The van der Waals surface area contributed by atoms with Gasteiger partial charge >= 0.3 is 0 Å². The molecule has 2 N–H and O–H groups in total. The predicted molar refractivity (Wildman–Crippen MR) is 86.1 cm³/mol. The summed E-state index contributed by atoms with van der Waals surface area (Å²) in [5.74, 6) is 0.852. The Kier molecular flexibility index (Phi) is 3.83. The van der Waals surface area contributed by atoms with Crippen molar-refractivity contribution < 1.29 is 5.11 Å². The number of hydrogen-bond acceptors (Lipinski definition) is 6. The van der Waals surface area contributed by atoms with Crippen LogP contribution in [0.4, 0.5) is 0 Å². The van der Waals surface area contributed by atoms with Crippen LogP contribution in [0.25, 0.3) is 5.69 Å². The van der Waals surface area contributed by atoms with Crippen LogP contribution in [0.2, 0.25) is 0 Å². The lowest BCUT2D eigenvalue weighted by atomic mass is 9.90. The normalized spacial score (nSPS) is 21.9. The first-order valence-corrected chi connectivity index (χ1v) is 8.00. The Hall–Kier alpha value is -2.58. The summed E-state index contributed by atoms with van der Waals surface area (Å²) in [6.45, 7) is 2.03. The third-order valence-corrected chi connectivity index (χ3v) is 4.43. The van der Waals surface area contributed by atoms with Gasteiger partial charge in [-0.2, -0.15) is 20.5 Å². The van der Waals surface area contributed by atoms with Crippen molar-refractivity contribution >= 4 is 0 Å². The van der Waals surface area contributed by atoms with E-state index in [2.05, 4.69) is 30.4 Å². The summed E-state index contributed by atoms with van der Waals surface area (Å²) in [6, 6.07) is 9.93. The Bertz CT molecular complexity index is 786. The summed E-state index contributed by atoms with van der Waals surface area (Å²) in [5, 5.41) is 25.7. The molecule has 0 bridgehead atoms. The number of likely N-dealkylation sites (tertiary alicyclic amines) is 1. The van der Waals surface area contributed by atoms with E-state index in [0.29, 0.717) is 25.2 Å². The van der Waals surface area contributed by atoms with Gasteiger partial charge in [-0.25, -0.2) is 9.67 Å². The van der Waals surface area contributed by atoms with Gasteiger partial charge in [-0.1, -0.05) is 18.2 Å². The van der Waals surface area contributed by atoms with Crippen LogP contribution in [0, 0.1) is 0 Å². The molecule has 0 radical (unpaired) electrons. The van der Waals surface area contributed by atoms with Gasteiger partial charge in [0.2, 0.25) is 0 Å². The average molecular weight is 325 g/mol. The molecule has 1 aromatic carbocycles. The number of aliphatic hydroxyl groups is 1. The van der Waals surface area contributed by atoms with Crippen LogP contribution in [-0.4, -0.2) is 53.3 Å². The number of nitrogens with zero attached hydrogens (tertiary/aromatic N) is 6. The highest BCUT2D eigenvalue weighted by Crippen LogP contribution is 2.30. The first kappa shape index (κ1) is 15.0. The molecule has 0 amide bonds. The lowest BCUT2D eigenvalue weighted by Gasteiger charge is -2.37. The lowest BCUT2D eigenvalue weighted by molar-refractivity contribution is -0.0421. The molecule has 1 unspecified atom stereocenters. The number of hydrogen-bond donors (Lipinski definition) is 2. The molecule has 0 aliphatic carbocycles. The van der Waals surface area contributed by atoms with E-state index in [4.69, 9.17) is 0 Å². The van der Waals surface area contributed by atoms with Crippen molar-refractivity contribution in [2.45, 2.75) is 25.0 Å². The summed E-state index contributed by atoms with van der Waals surface area (Å²) in [5.41, 5.74) is 0.605. The van der Waals surface area contributed by atoms with Gasteiger partial charge in [-0.05, 0) is 31.5 Å². The summed E-state index contributed by atoms with van der Waals surface area (Å²) < 4.78 is 1.84. The van der Waals surface area contributed by atoms with Crippen LogP contribution in [0.15, 0.2) is 42.9 Å². The molecule has 3 aromatic rings. The minimum absolute atomic E-state index is 0.501. The van der Waals surface area contributed by atoms with Gasteiger partial charge < -0.3 is 5.11 Å². The predicted octanol–water partition coefficient (Wildman–Crippen LogP) is 0.869. The first-order valence-electron chi connectivity index (χ1n) is 8.00. The molecule has 3 heterocycles. The smallest absolute Gasteiger partial charge is 0.146 e. The fourth-order valence-electron chi connectivity index (χ4n) is 3.25. The maximum Gasteiger partial charge on any atom is 0.146 e. The van der Waals surface area contributed by atoms with Gasteiger partial charge in [0.1, 0.15) is 23.4 Å². The molecule has 1 fully saturated rings. The van der Waals surface area contributed by atoms with Crippen molar-refractivity contribution in [2.75, 3.05) is 13.1 Å². The summed E-state index contributed by atoms with van der Waals surface area (Å²) in [7, 11) is 0. The van der Waals surface area contributed by atoms with Crippen LogP contribution in [0.1, 0.15) is 24.4 Å². The number of H-pyrrole nitrogens is 1. The van der Waals surface area contributed by atoms with Gasteiger partial charge in [0.15, 0.2) is 0 Å². The quantitative estimate of drug-likeness (QED) is 0.739. The largest absolute Gasteiger partial charge is 0.382 e. The molecule has 1 aliphatic heterocycles. The number of benzene rings is 1. The van der Waals surface area contributed by atoms with E-state index >= 15 is 0 Å². The molecule has 1 atom stereocenters. The second kappa shape index (κ2) is 6.14. The number of piperidine rings is 1. The third-order valence-electron chi connectivity index (χ3n) is 4.43. The maximum absolute atomic E-state index is 10.9. The van der Waals surface area contributed by atoms with Crippen molar-refractivity contribution in [1.29, 1.82) is 0 Å². The molecule has 4 rings (SSSR count). The van der Waals surface area contributed by atoms with Crippen LogP contribution in [0.5, 0.6) is 0 Å². The Morgan fingerprint density at radius 1 is 1.25 bits per heavy atom. The summed E-state index contributed by atoms with van der Waals surface area (Å²) in [6.07, 6.45) is 4.73. The Morgan fingerprint density at radius 3 is 2.92 bits per heavy atom. The van der Waals surface area contributed by atoms with E-state index in [-0.39, 0.29) is 0 Å². The van der Waals surface area contributed by atoms with Gasteiger partial charge in [0.25, 0.3) is 0 Å². The highest BCUT2D eigenvalue weighted by Gasteiger charge is 2.37. The number of para-hydroxylation sites is 1. The molecular weight excluding hydrogens is 306 g/mol. The number of β-amino-alcohol motifs (C(OH)–C–C–N with tert-alkyl or cyclic N) is 1. The minimum Gasteiger partial charge on any atom is -0.382 e. The summed E-state index contributed by atoms with van der Waals surface area (Å²) in [4.78, 5) is 6.57. The highest BCUT2D eigenvalue weighted by atomic mass is 16.3. The van der Waals surface area contributed by atoms with Gasteiger partial charge in [-0.3, -0.25) is 4.90 Å². The molecule has 24 heavy (non-hydrogen) atoms. The fourth-order valence-corrected chi connectivity index (χ4v) is 3.25. The molecule has 8 nitrogen and oxygen atoms in total. The second-order valence-corrected chi connectivity index (χ2v) is 6.12. The van der Waals surface area contributed by atoms with Gasteiger partial charge in [0, 0.05) is 6.54 Å². The number of rotatable bonds is 4. The fraction of sp³-hybridized carbons (Fsp3) is 0.375. The van der Waals surface area contributed by atoms with Crippen LogP contribution in [0.3, 0.4) is 0 Å². The zero-order valence-electron chi connectivity index (χ0n) is 13.2. The standard InChI is InChI=1S/C16H19N7O/c24-16(14-9-18-21-20-14)7-4-8-22(11-16)10-15-17-12-19-23(15)13-5-2-1-3-6-13/h1-3,5-6,9,12,24H,4,7-8,10-11H2,(H,18,20,21). The van der Waals surface area contributed by atoms with Crippen molar-refractivity contribution in [3.8, 4) is 5.69 Å². The molecule has 2 aromatic heterocycles. The average Bonchev–Trinajstić information content (AvgIpc) is 3.28.